The summed E-state index contributed by atoms with van der Waals surface area (Å²) in [5.74, 6) is 0.804. The number of benzene rings is 2. The fraction of sp³-hybridized carbons (Fsp3) is 0.167. The van der Waals surface area contributed by atoms with Crippen molar-refractivity contribution in [2.24, 2.45) is 0 Å². The van der Waals surface area contributed by atoms with Gasteiger partial charge in [-0.25, -0.2) is 0 Å². The van der Waals surface area contributed by atoms with Crippen LogP contribution < -0.4 is 10.1 Å². The first-order valence-corrected chi connectivity index (χ1v) is 8.31. The molecular formula is C18H16INO2. The lowest BCUT2D eigenvalue weighted by molar-refractivity contribution is -0.110. The summed E-state index contributed by atoms with van der Waals surface area (Å²) < 4.78 is 6.69. The van der Waals surface area contributed by atoms with Gasteiger partial charge in [-0.2, -0.15) is 0 Å². The zero-order valence-electron chi connectivity index (χ0n) is 12.2. The van der Waals surface area contributed by atoms with Crippen molar-refractivity contribution in [3.8, 4) is 5.75 Å². The van der Waals surface area contributed by atoms with E-state index in [0.29, 0.717) is 12.2 Å². The molecule has 2 aromatic carbocycles. The zero-order chi connectivity index (χ0) is 15.5. The van der Waals surface area contributed by atoms with Gasteiger partial charge in [0.1, 0.15) is 5.75 Å². The molecule has 1 aliphatic rings. The van der Waals surface area contributed by atoms with Crippen LogP contribution in [0.4, 0.5) is 5.69 Å². The van der Waals surface area contributed by atoms with Crippen molar-refractivity contribution in [3.63, 3.8) is 0 Å². The molecule has 3 rings (SSSR count). The van der Waals surface area contributed by atoms with Crippen LogP contribution in [-0.2, 0) is 4.79 Å². The van der Waals surface area contributed by atoms with Crippen molar-refractivity contribution in [1.82, 2.24) is 0 Å². The minimum Gasteiger partial charge on any atom is -0.494 e. The van der Waals surface area contributed by atoms with Gasteiger partial charge in [-0.15, -0.1) is 0 Å². The number of rotatable bonds is 4. The lowest BCUT2D eigenvalue weighted by Crippen LogP contribution is -2.03. The molecule has 0 bridgehead atoms. The molecule has 112 valence electrons. The number of halogens is 1. The van der Waals surface area contributed by atoms with Gasteiger partial charge in [-0.1, -0.05) is 19.1 Å². The fourth-order valence-electron chi connectivity index (χ4n) is 2.35. The Kier molecular flexibility index (Phi) is 4.47. The topological polar surface area (TPSA) is 38.3 Å². The minimum absolute atomic E-state index is 0.0525. The molecule has 0 saturated carbocycles. The largest absolute Gasteiger partial charge is 0.494 e. The van der Waals surface area contributed by atoms with Gasteiger partial charge in [0.15, 0.2) is 0 Å². The van der Waals surface area contributed by atoms with Gasteiger partial charge in [-0.3, -0.25) is 4.79 Å². The molecule has 0 spiro atoms. The van der Waals surface area contributed by atoms with Crippen LogP contribution in [0.1, 0.15) is 24.5 Å². The van der Waals surface area contributed by atoms with E-state index in [2.05, 4.69) is 34.8 Å². The number of anilines is 1. The van der Waals surface area contributed by atoms with Crippen molar-refractivity contribution in [1.29, 1.82) is 0 Å². The van der Waals surface area contributed by atoms with E-state index in [1.165, 1.54) is 0 Å². The number of nitrogens with one attached hydrogen (secondary N) is 1. The van der Waals surface area contributed by atoms with Crippen LogP contribution in [0, 0.1) is 3.57 Å². The van der Waals surface area contributed by atoms with Crippen LogP contribution in [-0.4, -0.2) is 12.5 Å². The summed E-state index contributed by atoms with van der Waals surface area (Å²) in [6.45, 7) is 2.80. The third kappa shape index (κ3) is 3.16. The van der Waals surface area contributed by atoms with Gasteiger partial charge in [-0.05, 0) is 71.0 Å². The third-order valence-electron chi connectivity index (χ3n) is 3.43. The highest BCUT2D eigenvalue weighted by Gasteiger charge is 2.23. The standard InChI is InChI=1S/C18H16INO2/c1-2-9-22-14-6-3-12(4-7-14)10-16-15-11-13(19)5-8-17(15)20-18(16)21/h3-8,10-11H,2,9H2,1H3,(H,20,21). The summed E-state index contributed by atoms with van der Waals surface area (Å²) >= 11 is 2.26. The molecule has 0 radical (unpaired) electrons. The summed E-state index contributed by atoms with van der Waals surface area (Å²) in [5.41, 5.74) is 3.53. The smallest absolute Gasteiger partial charge is 0.256 e. The van der Waals surface area contributed by atoms with Gasteiger partial charge in [0.2, 0.25) is 0 Å². The average molecular weight is 405 g/mol. The molecule has 0 atom stereocenters. The predicted molar refractivity (Wildman–Crippen MR) is 97.9 cm³/mol. The monoisotopic (exact) mass is 405 g/mol. The Hall–Kier alpha value is -1.82. The van der Waals surface area contributed by atoms with E-state index in [0.717, 1.165) is 32.6 Å². The van der Waals surface area contributed by atoms with Gasteiger partial charge in [0.05, 0.1) is 6.61 Å². The van der Waals surface area contributed by atoms with Crippen LogP contribution in [0.15, 0.2) is 42.5 Å². The van der Waals surface area contributed by atoms with Crippen molar-refractivity contribution in [2.75, 3.05) is 11.9 Å². The van der Waals surface area contributed by atoms with E-state index in [-0.39, 0.29) is 5.91 Å². The van der Waals surface area contributed by atoms with E-state index < -0.39 is 0 Å². The number of amides is 1. The summed E-state index contributed by atoms with van der Waals surface area (Å²) in [4.78, 5) is 12.1. The molecule has 1 aliphatic heterocycles. The maximum Gasteiger partial charge on any atom is 0.256 e. The van der Waals surface area contributed by atoms with Crippen LogP contribution >= 0.6 is 22.6 Å². The Bertz CT molecular complexity index is 735. The van der Waals surface area contributed by atoms with E-state index in [1.54, 1.807) is 0 Å². The summed E-state index contributed by atoms with van der Waals surface area (Å²) in [6, 6.07) is 13.8. The first kappa shape index (κ1) is 15.1. The highest BCUT2D eigenvalue weighted by atomic mass is 127. The fourth-order valence-corrected chi connectivity index (χ4v) is 2.84. The second-order valence-corrected chi connectivity index (χ2v) is 6.37. The van der Waals surface area contributed by atoms with Crippen LogP contribution in [0.5, 0.6) is 5.75 Å². The normalized spacial score (nSPS) is 14.8. The predicted octanol–water partition coefficient (Wildman–Crippen LogP) is 4.57. The molecule has 0 aromatic heterocycles. The minimum atomic E-state index is -0.0525. The number of carbonyl (C=O) groups excluding carboxylic acids is 1. The van der Waals surface area contributed by atoms with E-state index in [4.69, 9.17) is 4.74 Å². The van der Waals surface area contributed by atoms with Crippen molar-refractivity contribution in [2.45, 2.75) is 13.3 Å². The number of fused-ring (bicyclic) bond motifs is 1. The van der Waals surface area contributed by atoms with Crippen LogP contribution in [0.25, 0.3) is 11.6 Å². The zero-order valence-corrected chi connectivity index (χ0v) is 14.4. The number of hydrogen-bond donors (Lipinski definition) is 1. The molecule has 1 N–H and O–H groups in total. The molecular weight excluding hydrogens is 389 g/mol. The average Bonchev–Trinajstić information content (AvgIpc) is 2.82. The van der Waals surface area contributed by atoms with E-state index in [1.807, 2.05) is 48.5 Å². The molecule has 0 unspecified atom stereocenters. The maximum absolute atomic E-state index is 12.1. The highest BCUT2D eigenvalue weighted by molar-refractivity contribution is 14.1. The highest BCUT2D eigenvalue weighted by Crippen LogP contribution is 2.34. The molecule has 2 aromatic rings. The third-order valence-corrected chi connectivity index (χ3v) is 4.10. The van der Waals surface area contributed by atoms with Crippen molar-refractivity contribution >= 4 is 45.8 Å². The Labute approximate surface area is 143 Å². The molecule has 0 saturated heterocycles. The van der Waals surface area contributed by atoms with E-state index >= 15 is 0 Å². The summed E-state index contributed by atoms with van der Waals surface area (Å²) in [6.07, 6.45) is 2.91. The van der Waals surface area contributed by atoms with Crippen LogP contribution in [0.2, 0.25) is 0 Å². The first-order valence-electron chi connectivity index (χ1n) is 7.23. The van der Waals surface area contributed by atoms with Gasteiger partial charge >= 0.3 is 0 Å². The number of ether oxygens (including phenoxy) is 1. The first-order chi connectivity index (χ1) is 10.7. The SMILES string of the molecule is CCCOc1ccc(C=C2C(=O)Nc3ccc(I)cc32)cc1. The van der Waals surface area contributed by atoms with Gasteiger partial charge in [0.25, 0.3) is 5.91 Å². The quantitative estimate of drug-likeness (QED) is 0.598. The summed E-state index contributed by atoms with van der Waals surface area (Å²) in [5, 5.41) is 2.90. The Balaban J connectivity index is 1.89. The maximum atomic E-state index is 12.1. The van der Waals surface area contributed by atoms with Crippen molar-refractivity contribution < 1.29 is 9.53 Å². The second kappa shape index (κ2) is 6.52. The second-order valence-electron chi connectivity index (χ2n) is 5.12. The molecule has 1 amide bonds. The molecule has 3 nitrogen and oxygen atoms in total. The molecule has 22 heavy (non-hydrogen) atoms. The molecule has 0 fully saturated rings. The Morgan fingerprint density at radius 2 is 1.95 bits per heavy atom. The molecule has 4 heteroatoms. The van der Waals surface area contributed by atoms with Gasteiger partial charge in [0, 0.05) is 20.4 Å². The van der Waals surface area contributed by atoms with Crippen LogP contribution in [0.3, 0.4) is 0 Å². The number of hydrogen-bond acceptors (Lipinski definition) is 2. The Morgan fingerprint density at radius 3 is 2.68 bits per heavy atom. The lowest BCUT2D eigenvalue weighted by Gasteiger charge is -2.04. The molecule has 0 aliphatic carbocycles. The van der Waals surface area contributed by atoms with E-state index in [9.17, 15) is 4.79 Å². The van der Waals surface area contributed by atoms with Crippen molar-refractivity contribution in [3.05, 3.63) is 57.2 Å². The number of carbonyl (C=O) groups is 1. The molecule has 1 heterocycles. The van der Waals surface area contributed by atoms with Gasteiger partial charge < -0.3 is 10.1 Å². The lowest BCUT2D eigenvalue weighted by atomic mass is 10.0. The summed E-state index contributed by atoms with van der Waals surface area (Å²) in [7, 11) is 0. The Morgan fingerprint density at radius 1 is 1.18 bits per heavy atom.